The first-order valence-electron chi connectivity index (χ1n) is 8.25. The number of nitrogens with zero attached hydrogens (tertiary/aromatic N) is 2. The molecule has 0 spiro atoms. The van der Waals surface area contributed by atoms with Gasteiger partial charge in [0.05, 0.1) is 22.0 Å². The third kappa shape index (κ3) is 3.42. The Bertz CT molecular complexity index is 1080. The van der Waals surface area contributed by atoms with Gasteiger partial charge in [-0.3, -0.25) is 4.79 Å². The van der Waals surface area contributed by atoms with Crippen LogP contribution in [0.4, 0.5) is 5.69 Å². The van der Waals surface area contributed by atoms with Crippen LogP contribution in [0.5, 0.6) is 0 Å². The second kappa shape index (κ2) is 7.06. The predicted molar refractivity (Wildman–Crippen MR) is 109 cm³/mol. The van der Waals surface area contributed by atoms with Gasteiger partial charge in [0.1, 0.15) is 11.5 Å². The molecule has 0 saturated carbocycles. The van der Waals surface area contributed by atoms with Gasteiger partial charge < -0.3 is 4.42 Å². The molecule has 1 aliphatic rings. The Morgan fingerprint density at radius 3 is 2.59 bits per heavy atom. The van der Waals surface area contributed by atoms with E-state index in [0.717, 1.165) is 5.69 Å². The van der Waals surface area contributed by atoms with Gasteiger partial charge >= 0.3 is 0 Å². The van der Waals surface area contributed by atoms with E-state index in [9.17, 15) is 4.79 Å². The smallest absolute Gasteiger partial charge is 0.280 e. The first-order chi connectivity index (χ1) is 13.0. The SMILES string of the molecule is CC1=NN(c2ccccc2)C(=O)C1=Cc1ccc(-c2cc(Cl)ccc2Cl)o1. The summed E-state index contributed by atoms with van der Waals surface area (Å²) in [6, 6.07) is 18.0. The quantitative estimate of drug-likeness (QED) is 0.505. The lowest BCUT2D eigenvalue weighted by atomic mass is 10.1. The van der Waals surface area contributed by atoms with Crippen LogP contribution in [-0.2, 0) is 4.79 Å². The van der Waals surface area contributed by atoms with Crippen molar-refractivity contribution in [3.8, 4) is 11.3 Å². The molecule has 3 aromatic rings. The van der Waals surface area contributed by atoms with E-state index in [2.05, 4.69) is 5.10 Å². The summed E-state index contributed by atoms with van der Waals surface area (Å²) in [6.07, 6.45) is 1.69. The predicted octanol–water partition coefficient (Wildman–Crippen LogP) is 6.06. The van der Waals surface area contributed by atoms with Crippen LogP contribution in [0.3, 0.4) is 0 Å². The summed E-state index contributed by atoms with van der Waals surface area (Å²) in [6.45, 7) is 1.80. The Kier molecular flexibility index (Phi) is 4.60. The van der Waals surface area contributed by atoms with Gasteiger partial charge in [0, 0.05) is 10.6 Å². The molecule has 1 aliphatic heterocycles. The Labute approximate surface area is 166 Å². The lowest BCUT2D eigenvalue weighted by molar-refractivity contribution is -0.114. The van der Waals surface area contributed by atoms with E-state index in [4.69, 9.17) is 27.6 Å². The number of anilines is 1. The van der Waals surface area contributed by atoms with Crippen LogP contribution in [0.1, 0.15) is 12.7 Å². The molecular formula is C21H14Cl2N2O2. The van der Waals surface area contributed by atoms with Crippen molar-refractivity contribution in [2.75, 3.05) is 5.01 Å². The van der Waals surface area contributed by atoms with Gasteiger partial charge in [-0.25, -0.2) is 0 Å². The molecule has 0 fully saturated rings. The van der Waals surface area contributed by atoms with Gasteiger partial charge in [-0.15, -0.1) is 0 Å². The maximum atomic E-state index is 12.8. The average Bonchev–Trinajstić information content (AvgIpc) is 3.24. The highest BCUT2D eigenvalue weighted by atomic mass is 35.5. The zero-order valence-corrected chi connectivity index (χ0v) is 15.8. The Morgan fingerprint density at radius 1 is 1.04 bits per heavy atom. The molecule has 27 heavy (non-hydrogen) atoms. The summed E-state index contributed by atoms with van der Waals surface area (Å²) >= 11 is 12.3. The number of rotatable bonds is 3. The van der Waals surface area contributed by atoms with Crippen molar-refractivity contribution in [2.45, 2.75) is 6.92 Å². The summed E-state index contributed by atoms with van der Waals surface area (Å²) < 4.78 is 5.86. The number of hydrogen-bond acceptors (Lipinski definition) is 3. The monoisotopic (exact) mass is 396 g/mol. The molecule has 0 unspecified atom stereocenters. The molecule has 0 radical (unpaired) electrons. The van der Waals surface area contributed by atoms with Gasteiger partial charge in [-0.2, -0.15) is 10.1 Å². The molecule has 4 rings (SSSR count). The van der Waals surface area contributed by atoms with Crippen LogP contribution in [0.15, 0.2) is 75.8 Å². The first kappa shape index (κ1) is 17.6. The van der Waals surface area contributed by atoms with E-state index in [0.29, 0.717) is 38.4 Å². The zero-order valence-electron chi connectivity index (χ0n) is 14.3. The van der Waals surface area contributed by atoms with E-state index in [1.807, 2.05) is 30.3 Å². The molecule has 4 nitrogen and oxygen atoms in total. The van der Waals surface area contributed by atoms with Crippen molar-refractivity contribution >= 4 is 46.6 Å². The molecule has 0 atom stereocenters. The zero-order chi connectivity index (χ0) is 19.0. The molecular weight excluding hydrogens is 383 g/mol. The molecule has 0 saturated heterocycles. The molecule has 2 aromatic carbocycles. The van der Waals surface area contributed by atoms with Gasteiger partial charge in [0.25, 0.3) is 5.91 Å². The van der Waals surface area contributed by atoms with Crippen LogP contribution in [0.2, 0.25) is 10.0 Å². The topological polar surface area (TPSA) is 45.8 Å². The van der Waals surface area contributed by atoms with Crippen LogP contribution < -0.4 is 5.01 Å². The van der Waals surface area contributed by atoms with Crippen molar-refractivity contribution in [2.24, 2.45) is 5.10 Å². The number of para-hydroxylation sites is 1. The summed E-state index contributed by atoms with van der Waals surface area (Å²) in [5.74, 6) is 0.917. The molecule has 0 bridgehead atoms. The van der Waals surface area contributed by atoms with Crippen molar-refractivity contribution in [1.29, 1.82) is 0 Å². The number of amides is 1. The van der Waals surface area contributed by atoms with E-state index < -0.39 is 0 Å². The molecule has 1 amide bonds. The van der Waals surface area contributed by atoms with Crippen molar-refractivity contribution in [3.05, 3.63) is 82.0 Å². The van der Waals surface area contributed by atoms with E-state index in [1.165, 1.54) is 5.01 Å². The standard InChI is InChI=1S/C21H14Cl2N2O2/c1-13-17(21(26)25(24-13)15-5-3-2-4-6-15)12-16-8-10-20(27-16)18-11-14(22)7-9-19(18)23/h2-12H,1H3. The molecule has 0 N–H and O–H groups in total. The number of hydrazone groups is 1. The highest BCUT2D eigenvalue weighted by molar-refractivity contribution is 6.35. The minimum absolute atomic E-state index is 0.197. The summed E-state index contributed by atoms with van der Waals surface area (Å²) in [7, 11) is 0. The summed E-state index contributed by atoms with van der Waals surface area (Å²) in [5, 5.41) is 6.86. The van der Waals surface area contributed by atoms with Crippen LogP contribution in [0.25, 0.3) is 17.4 Å². The normalized spacial score (nSPS) is 15.5. The maximum absolute atomic E-state index is 12.8. The summed E-state index contributed by atoms with van der Waals surface area (Å²) in [4.78, 5) is 12.8. The Morgan fingerprint density at radius 2 is 1.81 bits per heavy atom. The fraction of sp³-hybridized carbons (Fsp3) is 0.0476. The van der Waals surface area contributed by atoms with E-state index >= 15 is 0 Å². The first-order valence-corrected chi connectivity index (χ1v) is 9.00. The molecule has 6 heteroatoms. The molecule has 134 valence electrons. The van der Waals surface area contributed by atoms with E-state index in [-0.39, 0.29) is 5.91 Å². The maximum Gasteiger partial charge on any atom is 0.280 e. The Hall–Kier alpha value is -2.82. The summed E-state index contributed by atoms with van der Waals surface area (Å²) in [5.41, 5.74) is 2.53. The van der Waals surface area contributed by atoms with Gasteiger partial charge in [-0.1, -0.05) is 41.4 Å². The number of carbonyl (C=O) groups excluding carboxylic acids is 1. The lowest BCUT2D eigenvalue weighted by Gasteiger charge is -2.10. The fourth-order valence-corrected chi connectivity index (χ4v) is 3.22. The highest BCUT2D eigenvalue weighted by Gasteiger charge is 2.28. The lowest BCUT2D eigenvalue weighted by Crippen LogP contribution is -2.21. The van der Waals surface area contributed by atoms with Crippen molar-refractivity contribution in [3.63, 3.8) is 0 Å². The van der Waals surface area contributed by atoms with Crippen LogP contribution >= 0.6 is 23.2 Å². The minimum Gasteiger partial charge on any atom is -0.457 e. The average molecular weight is 397 g/mol. The molecule has 2 heterocycles. The number of furan rings is 1. The third-order valence-electron chi connectivity index (χ3n) is 4.17. The van der Waals surface area contributed by atoms with Gasteiger partial charge in [-0.05, 0) is 55.5 Å². The van der Waals surface area contributed by atoms with Gasteiger partial charge in [0.2, 0.25) is 0 Å². The van der Waals surface area contributed by atoms with E-state index in [1.54, 1.807) is 43.3 Å². The largest absolute Gasteiger partial charge is 0.457 e. The minimum atomic E-state index is -0.197. The Balaban J connectivity index is 1.65. The number of carbonyl (C=O) groups is 1. The number of benzene rings is 2. The number of hydrogen-bond donors (Lipinski definition) is 0. The van der Waals surface area contributed by atoms with Crippen LogP contribution in [0, 0.1) is 0 Å². The van der Waals surface area contributed by atoms with Gasteiger partial charge in [0.15, 0.2) is 0 Å². The molecule has 1 aromatic heterocycles. The van der Waals surface area contributed by atoms with Crippen LogP contribution in [-0.4, -0.2) is 11.6 Å². The third-order valence-corrected chi connectivity index (χ3v) is 4.74. The second-order valence-corrected chi connectivity index (χ2v) is 6.87. The van der Waals surface area contributed by atoms with Crippen molar-refractivity contribution in [1.82, 2.24) is 0 Å². The molecule has 0 aliphatic carbocycles. The number of halogens is 2. The fourth-order valence-electron chi connectivity index (χ4n) is 2.83. The van der Waals surface area contributed by atoms with Crippen molar-refractivity contribution < 1.29 is 9.21 Å². The highest BCUT2D eigenvalue weighted by Crippen LogP contribution is 2.33. The second-order valence-electron chi connectivity index (χ2n) is 6.02.